The normalized spacial score (nSPS) is 22.8. The van der Waals surface area contributed by atoms with Crippen molar-refractivity contribution < 1.29 is 22.4 Å². The van der Waals surface area contributed by atoms with E-state index in [0.29, 0.717) is 31.6 Å². The second kappa shape index (κ2) is 5.40. The molecule has 116 valence electrons. The van der Waals surface area contributed by atoms with E-state index in [0.717, 1.165) is 6.07 Å². The van der Waals surface area contributed by atoms with Crippen molar-refractivity contribution in [3.63, 3.8) is 0 Å². The number of alkyl halides is 3. The minimum atomic E-state index is -4.75. The zero-order chi connectivity index (χ0) is 15.8. The fraction of sp³-hybridized carbons (Fsp3) is 0.533. The Morgan fingerprint density at radius 2 is 2.00 bits per heavy atom. The highest BCUT2D eigenvalue weighted by Gasteiger charge is 2.44. The van der Waals surface area contributed by atoms with Gasteiger partial charge >= 0.3 is 6.18 Å². The third kappa shape index (κ3) is 2.81. The topological polar surface area (TPSA) is 29.1 Å². The Morgan fingerprint density at radius 1 is 1.33 bits per heavy atom. The Kier molecular flexibility index (Phi) is 4.10. The minimum absolute atomic E-state index is 0.00194. The number of rotatable bonds is 3. The molecule has 0 radical (unpaired) electrons. The Morgan fingerprint density at radius 3 is 2.43 bits per heavy atom. The predicted octanol–water partition coefficient (Wildman–Crippen LogP) is 3.66. The summed E-state index contributed by atoms with van der Waals surface area (Å²) in [5.74, 6) is -1.68. The molecular weight excluding hydrogens is 286 g/mol. The van der Waals surface area contributed by atoms with Crippen LogP contribution in [0.3, 0.4) is 0 Å². The van der Waals surface area contributed by atoms with Gasteiger partial charge in [-0.15, -0.1) is 0 Å². The molecule has 1 heterocycles. The molecule has 1 aliphatic heterocycles. The van der Waals surface area contributed by atoms with E-state index in [-0.39, 0.29) is 17.3 Å². The van der Waals surface area contributed by atoms with Gasteiger partial charge in [-0.25, -0.2) is 4.39 Å². The summed E-state index contributed by atoms with van der Waals surface area (Å²) in [7, 11) is 0. The maximum absolute atomic E-state index is 13.6. The molecule has 6 heteroatoms. The van der Waals surface area contributed by atoms with Crippen molar-refractivity contribution in [2.45, 2.75) is 26.4 Å². The average molecular weight is 303 g/mol. The van der Waals surface area contributed by atoms with E-state index in [2.05, 4.69) is 5.32 Å². The first-order valence-electron chi connectivity index (χ1n) is 6.81. The van der Waals surface area contributed by atoms with Gasteiger partial charge in [0.2, 0.25) is 0 Å². The zero-order valence-electron chi connectivity index (χ0n) is 11.9. The number of Topliss-reactive ketones (excluding diaryl/α,β-unsaturated/α-hetero) is 1. The molecule has 1 aromatic carbocycles. The summed E-state index contributed by atoms with van der Waals surface area (Å²) in [6, 6.07) is 2.41. The lowest BCUT2D eigenvalue weighted by atomic mass is 9.71. The highest BCUT2D eigenvalue weighted by atomic mass is 19.4. The van der Waals surface area contributed by atoms with E-state index < -0.39 is 23.0 Å². The van der Waals surface area contributed by atoms with Crippen LogP contribution in [0.1, 0.15) is 36.2 Å². The lowest BCUT2D eigenvalue weighted by molar-refractivity contribution is -0.140. The first-order chi connectivity index (χ1) is 9.68. The summed E-state index contributed by atoms with van der Waals surface area (Å²) in [6.45, 7) is 4.93. The number of carbonyl (C=O) groups is 1. The Bertz CT molecular complexity index is 545. The standard InChI is InChI=1S/C15H17F4NO/c1-9(2)14(5-6-20-8-14)13(21)10-3-4-11(12(16)7-10)15(17,18)19/h3-4,7,9,20H,5-6,8H2,1-2H3. The molecule has 0 amide bonds. The lowest BCUT2D eigenvalue weighted by Crippen LogP contribution is -2.38. The Labute approximate surface area is 120 Å². The van der Waals surface area contributed by atoms with Crippen LogP contribution >= 0.6 is 0 Å². The average Bonchev–Trinajstić information content (AvgIpc) is 2.86. The van der Waals surface area contributed by atoms with E-state index in [1.807, 2.05) is 13.8 Å². The molecular formula is C15H17F4NO. The van der Waals surface area contributed by atoms with Crippen molar-refractivity contribution in [2.75, 3.05) is 13.1 Å². The van der Waals surface area contributed by atoms with Gasteiger partial charge in [0.05, 0.1) is 5.56 Å². The van der Waals surface area contributed by atoms with Crippen molar-refractivity contribution in [2.24, 2.45) is 11.3 Å². The first kappa shape index (κ1) is 15.9. The van der Waals surface area contributed by atoms with Crippen LogP contribution in [0.15, 0.2) is 18.2 Å². The number of carbonyl (C=O) groups excluding carboxylic acids is 1. The molecule has 1 atom stereocenters. The molecule has 21 heavy (non-hydrogen) atoms. The number of benzene rings is 1. The second-order valence-corrected chi connectivity index (χ2v) is 5.76. The van der Waals surface area contributed by atoms with Gasteiger partial charge in [-0.3, -0.25) is 4.79 Å². The Balaban J connectivity index is 2.38. The van der Waals surface area contributed by atoms with Crippen LogP contribution in [0.4, 0.5) is 17.6 Å². The summed E-state index contributed by atoms with van der Waals surface area (Å²) >= 11 is 0. The zero-order valence-corrected chi connectivity index (χ0v) is 11.9. The quantitative estimate of drug-likeness (QED) is 0.682. The van der Waals surface area contributed by atoms with Gasteiger partial charge in [0.1, 0.15) is 5.82 Å². The van der Waals surface area contributed by atoms with Crippen LogP contribution in [-0.2, 0) is 6.18 Å². The van der Waals surface area contributed by atoms with Gasteiger partial charge in [0.15, 0.2) is 5.78 Å². The second-order valence-electron chi connectivity index (χ2n) is 5.76. The van der Waals surface area contributed by atoms with E-state index >= 15 is 0 Å². The van der Waals surface area contributed by atoms with Crippen LogP contribution in [0.25, 0.3) is 0 Å². The largest absolute Gasteiger partial charge is 0.419 e. The number of hydrogen-bond acceptors (Lipinski definition) is 2. The van der Waals surface area contributed by atoms with Crippen molar-refractivity contribution >= 4 is 5.78 Å². The molecule has 1 aliphatic rings. The van der Waals surface area contributed by atoms with E-state index in [9.17, 15) is 22.4 Å². The van der Waals surface area contributed by atoms with Crippen molar-refractivity contribution in [1.82, 2.24) is 5.32 Å². The lowest BCUT2D eigenvalue weighted by Gasteiger charge is -2.31. The first-order valence-corrected chi connectivity index (χ1v) is 6.81. The molecule has 0 aliphatic carbocycles. The summed E-state index contributed by atoms with van der Waals surface area (Å²) in [6.07, 6.45) is -4.15. The van der Waals surface area contributed by atoms with E-state index in [1.165, 1.54) is 0 Å². The smallest absolute Gasteiger partial charge is 0.316 e. The van der Waals surface area contributed by atoms with Gasteiger partial charge in [-0.1, -0.05) is 19.9 Å². The van der Waals surface area contributed by atoms with Crippen LogP contribution < -0.4 is 5.32 Å². The Hall–Kier alpha value is -1.43. The molecule has 0 bridgehead atoms. The minimum Gasteiger partial charge on any atom is -0.316 e. The van der Waals surface area contributed by atoms with Gasteiger partial charge in [0.25, 0.3) is 0 Å². The monoisotopic (exact) mass is 303 g/mol. The van der Waals surface area contributed by atoms with Crippen molar-refractivity contribution in [3.05, 3.63) is 35.1 Å². The van der Waals surface area contributed by atoms with Crippen LogP contribution in [0, 0.1) is 17.2 Å². The molecule has 1 saturated heterocycles. The van der Waals surface area contributed by atoms with Crippen LogP contribution in [0.2, 0.25) is 0 Å². The number of nitrogens with one attached hydrogen (secondary N) is 1. The maximum atomic E-state index is 13.6. The molecule has 0 spiro atoms. The van der Waals surface area contributed by atoms with Gasteiger partial charge in [-0.2, -0.15) is 13.2 Å². The molecule has 0 saturated carbocycles. The maximum Gasteiger partial charge on any atom is 0.419 e. The highest BCUT2D eigenvalue weighted by molar-refractivity contribution is 6.01. The molecule has 0 aromatic heterocycles. The summed E-state index contributed by atoms with van der Waals surface area (Å²) in [5.41, 5.74) is -2.02. The summed E-state index contributed by atoms with van der Waals surface area (Å²) < 4.78 is 51.3. The number of hydrogen-bond donors (Lipinski definition) is 1. The summed E-state index contributed by atoms with van der Waals surface area (Å²) in [4.78, 5) is 12.6. The molecule has 2 rings (SSSR count). The highest BCUT2D eigenvalue weighted by Crippen LogP contribution is 2.38. The molecule has 1 fully saturated rings. The third-order valence-corrected chi connectivity index (χ3v) is 4.28. The van der Waals surface area contributed by atoms with Gasteiger partial charge < -0.3 is 5.32 Å². The van der Waals surface area contributed by atoms with Gasteiger partial charge in [-0.05, 0) is 31.0 Å². The third-order valence-electron chi connectivity index (χ3n) is 4.28. The molecule has 1 unspecified atom stereocenters. The fourth-order valence-corrected chi connectivity index (χ4v) is 2.83. The predicted molar refractivity (Wildman–Crippen MR) is 70.5 cm³/mol. The summed E-state index contributed by atoms with van der Waals surface area (Å²) in [5, 5.41) is 3.10. The molecule has 1 aromatic rings. The number of ketones is 1. The van der Waals surface area contributed by atoms with Gasteiger partial charge in [0, 0.05) is 17.5 Å². The van der Waals surface area contributed by atoms with Crippen molar-refractivity contribution in [3.8, 4) is 0 Å². The van der Waals surface area contributed by atoms with Crippen LogP contribution in [0.5, 0.6) is 0 Å². The van der Waals surface area contributed by atoms with Crippen LogP contribution in [-0.4, -0.2) is 18.9 Å². The van der Waals surface area contributed by atoms with E-state index in [4.69, 9.17) is 0 Å². The fourth-order valence-electron chi connectivity index (χ4n) is 2.83. The number of halogens is 4. The molecule has 2 nitrogen and oxygen atoms in total. The SMILES string of the molecule is CC(C)C1(C(=O)c2ccc(C(F)(F)F)c(F)c2)CCNC1. The van der Waals surface area contributed by atoms with E-state index in [1.54, 1.807) is 0 Å². The molecule has 1 N–H and O–H groups in total. The van der Waals surface area contributed by atoms with Crippen molar-refractivity contribution in [1.29, 1.82) is 0 Å².